The van der Waals surface area contributed by atoms with Crippen LogP contribution >= 0.6 is 0 Å². The Labute approximate surface area is 210 Å². The number of pyridine rings is 1. The number of fused-ring (bicyclic) bond motifs is 1. The number of aryl methyl sites for hydroxylation is 1. The van der Waals surface area contributed by atoms with Crippen molar-refractivity contribution in [3.8, 4) is 17.1 Å². The van der Waals surface area contributed by atoms with Crippen molar-refractivity contribution in [3.05, 3.63) is 64.7 Å². The van der Waals surface area contributed by atoms with Crippen molar-refractivity contribution in [2.75, 3.05) is 26.1 Å². The van der Waals surface area contributed by atoms with Crippen LogP contribution in [0.1, 0.15) is 55.6 Å². The molecule has 0 bridgehead atoms. The van der Waals surface area contributed by atoms with Gasteiger partial charge in [-0.2, -0.15) is 0 Å². The van der Waals surface area contributed by atoms with Crippen LogP contribution < -0.4 is 10.5 Å². The molecule has 2 N–H and O–H groups in total. The molecule has 1 aromatic carbocycles. The molecule has 0 radical (unpaired) electrons. The number of hydrogen-bond donors (Lipinski definition) is 1. The van der Waals surface area contributed by atoms with E-state index < -0.39 is 0 Å². The molecule has 2 heterocycles. The standard InChI is InChI=1S/C27H32FN5O3/c1-16-25-22(32-26(29)30-16)13-17(14-23(25)33-36-12-11-35-27(2,3)4)19-10-9-18(28)15-20(19)21-7-6-8-24(31-21)34-5/h6-10,15,17H,11-14H2,1-5H3,(H2,29,30,32)/b33-23+. The summed E-state index contributed by atoms with van der Waals surface area (Å²) in [5, 5.41) is 4.46. The quantitative estimate of drug-likeness (QED) is 0.371. The number of ether oxygens (including phenoxy) is 2. The average Bonchev–Trinajstić information content (AvgIpc) is 2.82. The minimum Gasteiger partial charge on any atom is -0.481 e. The Morgan fingerprint density at radius 1 is 1.08 bits per heavy atom. The maximum absolute atomic E-state index is 14.4. The summed E-state index contributed by atoms with van der Waals surface area (Å²) >= 11 is 0. The number of oxime groups is 1. The topological polar surface area (TPSA) is 105 Å². The van der Waals surface area contributed by atoms with E-state index in [9.17, 15) is 4.39 Å². The molecule has 4 rings (SSSR count). The number of benzene rings is 1. The minimum absolute atomic E-state index is 0.0528. The lowest BCUT2D eigenvalue weighted by atomic mass is 9.79. The zero-order valence-corrected chi connectivity index (χ0v) is 21.3. The van der Waals surface area contributed by atoms with Crippen LogP contribution in [0.15, 0.2) is 41.6 Å². The van der Waals surface area contributed by atoms with Crippen LogP contribution in [0.5, 0.6) is 5.88 Å². The van der Waals surface area contributed by atoms with Crippen LogP contribution in [0.25, 0.3) is 11.3 Å². The highest BCUT2D eigenvalue weighted by atomic mass is 19.1. The second-order valence-corrected chi connectivity index (χ2v) is 9.72. The highest BCUT2D eigenvalue weighted by molar-refractivity contribution is 6.03. The SMILES string of the molecule is COc1cccc(-c2cc(F)ccc2C2C/C(=N\OCCOC(C)(C)C)c3c(C)nc(N)nc3C2)n1. The molecule has 1 aliphatic rings. The zero-order valence-electron chi connectivity index (χ0n) is 21.3. The van der Waals surface area contributed by atoms with E-state index in [4.69, 9.17) is 20.0 Å². The smallest absolute Gasteiger partial charge is 0.220 e. The van der Waals surface area contributed by atoms with Gasteiger partial charge < -0.3 is 20.0 Å². The maximum Gasteiger partial charge on any atom is 0.220 e. The van der Waals surface area contributed by atoms with E-state index in [1.165, 1.54) is 12.1 Å². The third kappa shape index (κ3) is 5.96. The van der Waals surface area contributed by atoms with Crippen LogP contribution in [0.2, 0.25) is 0 Å². The highest BCUT2D eigenvalue weighted by Crippen LogP contribution is 2.38. The number of hydrogen-bond acceptors (Lipinski definition) is 8. The molecule has 0 saturated heterocycles. The van der Waals surface area contributed by atoms with E-state index in [2.05, 4.69) is 20.1 Å². The van der Waals surface area contributed by atoms with Gasteiger partial charge in [-0.15, -0.1) is 0 Å². The lowest BCUT2D eigenvalue weighted by Gasteiger charge is -2.28. The van der Waals surface area contributed by atoms with Gasteiger partial charge in [0, 0.05) is 23.6 Å². The van der Waals surface area contributed by atoms with Gasteiger partial charge in [-0.3, -0.25) is 0 Å². The average molecular weight is 494 g/mol. The third-order valence-corrected chi connectivity index (χ3v) is 5.90. The van der Waals surface area contributed by atoms with Crippen LogP contribution in [-0.2, 0) is 16.0 Å². The second-order valence-electron chi connectivity index (χ2n) is 9.72. The fourth-order valence-electron chi connectivity index (χ4n) is 4.42. The van der Waals surface area contributed by atoms with Gasteiger partial charge in [0.2, 0.25) is 11.8 Å². The van der Waals surface area contributed by atoms with E-state index in [0.29, 0.717) is 43.2 Å². The van der Waals surface area contributed by atoms with Crippen molar-refractivity contribution in [3.63, 3.8) is 0 Å². The third-order valence-electron chi connectivity index (χ3n) is 5.90. The Morgan fingerprint density at radius 3 is 2.64 bits per heavy atom. The number of rotatable bonds is 7. The number of nitrogen functional groups attached to an aromatic ring is 1. The molecule has 0 amide bonds. The van der Waals surface area contributed by atoms with Gasteiger partial charge in [0.15, 0.2) is 0 Å². The predicted molar refractivity (Wildman–Crippen MR) is 137 cm³/mol. The number of halogens is 1. The molecule has 1 atom stereocenters. The largest absolute Gasteiger partial charge is 0.481 e. The summed E-state index contributed by atoms with van der Waals surface area (Å²) in [5.74, 6) is 0.275. The van der Waals surface area contributed by atoms with Gasteiger partial charge in [0.1, 0.15) is 12.4 Å². The molecule has 0 fully saturated rings. The molecule has 3 aromatic rings. The summed E-state index contributed by atoms with van der Waals surface area (Å²) in [6.45, 7) is 8.58. The lowest BCUT2D eigenvalue weighted by Crippen LogP contribution is -2.25. The van der Waals surface area contributed by atoms with Gasteiger partial charge in [0.05, 0.1) is 42.1 Å². The Bertz CT molecular complexity index is 1270. The van der Waals surface area contributed by atoms with E-state index >= 15 is 0 Å². The molecule has 2 aromatic heterocycles. The van der Waals surface area contributed by atoms with Gasteiger partial charge in [-0.05, 0) is 63.8 Å². The second kappa shape index (κ2) is 10.6. The number of nitrogens with zero attached hydrogens (tertiary/aromatic N) is 4. The summed E-state index contributed by atoms with van der Waals surface area (Å²) in [6, 6.07) is 10.2. The van der Waals surface area contributed by atoms with Crippen LogP contribution in [0, 0.1) is 12.7 Å². The Hall–Kier alpha value is -3.59. The first-order valence-corrected chi connectivity index (χ1v) is 11.9. The predicted octanol–water partition coefficient (Wildman–Crippen LogP) is 4.84. The maximum atomic E-state index is 14.4. The number of aromatic nitrogens is 3. The lowest BCUT2D eigenvalue weighted by molar-refractivity contribution is -0.0341. The summed E-state index contributed by atoms with van der Waals surface area (Å²) in [5.41, 5.74) is 11.1. The minimum atomic E-state index is -0.340. The molecule has 0 spiro atoms. The van der Waals surface area contributed by atoms with Gasteiger partial charge >= 0.3 is 0 Å². The molecule has 0 aliphatic heterocycles. The van der Waals surface area contributed by atoms with Crippen molar-refractivity contribution in [1.29, 1.82) is 0 Å². The summed E-state index contributed by atoms with van der Waals surface area (Å²) < 4.78 is 25.4. The number of anilines is 1. The Kier molecular flexibility index (Phi) is 7.49. The number of nitrogens with two attached hydrogens (primary N) is 1. The number of methoxy groups -OCH3 is 1. The van der Waals surface area contributed by atoms with E-state index in [-0.39, 0.29) is 23.3 Å². The molecule has 8 nitrogen and oxygen atoms in total. The Morgan fingerprint density at radius 2 is 1.89 bits per heavy atom. The first-order valence-electron chi connectivity index (χ1n) is 11.9. The van der Waals surface area contributed by atoms with Crippen LogP contribution in [-0.4, -0.2) is 46.6 Å². The van der Waals surface area contributed by atoms with E-state index in [1.807, 2.05) is 39.8 Å². The van der Waals surface area contributed by atoms with E-state index in [0.717, 1.165) is 28.2 Å². The monoisotopic (exact) mass is 493 g/mol. The van der Waals surface area contributed by atoms with Crippen LogP contribution in [0.3, 0.4) is 0 Å². The summed E-state index contributed by atoms with van der Waals surface area (Å²) in [4.78, 5) is 19.0. The van der Waals surface area contributed by atoms with Crippen molar-refractivity contribution < 1.29 is 18.7 Å². The molecular weight excluding hydrogens is 461 g/mol. The molecule has 1 unspecified atom stereocenters. The first kappa shape index (κ1) is 25.5. The van der Waals surface area contributed by atoms with Crippen molar-refractivity contribution in [1.82, 2.24) is 15.0 Å². The molecule has 190 valence electrons. The van der Waals surface area contributed by atoms with Gasteiger partial charge in [-0.25, -0.2) is 19.3 Å². The fourth-order valence-corrected chi connectivity index (χ4v) is 4.42. The fraction of sp³-hybridized carbons (Fsp3) is 0.407. The molecule has 36 heavy (non-hydrogen) atoms. The Balaban J connectivity index is 1.70. The van der Waals surface area contributed by atoms with Gasteiger partial charge in [0.25, 0.3) is 0 Å². The summed E-state index contributed by atoms with van der Waals surface area (Å²) in [7, 11) is 1.55. The van der Waals surface area contributed by atoms with Crippen molar-refractivity contribution in [2.45, 2.75) is 52.1 Å². The molecule has 1 aliphatic carbocycles. The van der Waals surface area contributed by atoms with Crippen LogP contribution in [0.4, 0.5) is 10.3 Å². The highest BCUT2D eigenvalue weighted by Gasteiger charge is 2.31. The first-order chi connectivity index (χ1) is 17.1. The molecule has 0 saturated carbocycles. The zero-order chi connectivity index (χ0) is 25.9. The van der Waals surface area contributed by atoms with Crippen molar-refractivity contribution in [2.24, 2.45) is 5.16 Å². The van der Waals surface area contributed by atoms with E-state index in [1.54, 1.807) is 19.2 Å². The molecular formula is C27H32FN5O3. The van der Waals surface area contributed by atoms with Gasteiger partial charge in [-0.1, -0.05) is 17.3 Å². The molecule has 9 heteroatoms. The summed E-state index contributed by atoms with van der Waals surface area (Å²) in [6.07, 6.45) is 1.15. The normalized spacial score (nSPS) is 16.6. The van der Waals surface area contributed by atoms with Crippen molar-refractivity contribution >= 4 is 11.7 Å².